The monoisotopic (exact) mass is 174 g/mol. The Hall–Kier alpha value is -0.740. The van der Waals surface area contributed by atoms with Crippen molar-refractivity contribution in [1.82, 2.24) is 0 Å². The fraction of sp³-hybridized carbons (Fsp3) is 0.750. The van der Waals surface area contributed by atoms with Gasteiger partial charge in [0.1, 0.15) is 25.8 Å². The Labute approximate surface area is 71.8 Å². The summed E-state index contributed by atoms with van der Waals surface area (Å²) in [6.07, 6.45) is 0.833. The molecule has 0 spiro atoms. The first-order valence-corrected chi connectivity index (χ1v) is 3.82. The van der Waals surface area contributed by atoms with E-state index in [1.807, 2.05) is 13.8 Å². The third-order valence-corrected chi connectivity index (χ3v) is 1.20. The molecule has 0 saturated carbocycles. The van der Waals surface area contributed by atoms with Gasteiger partial charge in [-0.15, -0.1) is 0 Å². The minimum atomic E-state index is -0.472. The molecule has 0 unspecified atom stereocenters. The molecule has 0 fully saturated rings. The minimum absolute atomic E-state index is 0.00169. The SMILES string of the molecule is CC(C)C(OCC=O)OCC=O. The van der Waals surface area contributed by atoms with Crippen molar-refractivity contribution in [1.29, 1.82) is 0 Å². The zero-order chi connectivity index (χ0) is 9.40. The van der Waals surface area contributed by atoms with E-state index in [2.05, 4.69) is 0 Å². The van der Waals surface area contributed by atoms with E-state index < -0.39 is 6.29 Å². The number of carbonyl (C=O) groups excluding carboxylic acids is 2. The maximum Gasteiger partial charge on any atom is 0.160 e. The summed E-state index contributed by atoms with van der Waals surface area (Å²) in [5.74, 6) is 0.130. The van der Waals surface area contributed by atoms with Crippen LogP contribution in [0, 0.1) is 5.92 Å². The van der Waals surface area contributed by atoms with Crippen LogP contribution in [0.2, 0.25) is 0 Å². The Balaban J connectivity index is 3.68. The molecule has 0 aliphatic heterocycles. The summed E-state index contributed by atoms with van der Waals surface area (Å²) >= 11 is 0. The molecular weight excluding hydrogens is 160 g/mol. The van der Waals surface area contributed by atoms with Gasteiger partial charge in [-0.3, -0.25) is 0 Å². The smallest absolute Gasteiger partial charge is 0.160 e. The van der Waals surface area contributed by atoms with Crippen molar-refractivity contribution in [2.24, 2.45) is 5.92 Å². The average Bonchev–Trinajstić information content (AvgIpc) is 2.04. The second-order valence-corrected chi connectivity index (χ2v) is 2.61. The zero-order valence-corrected chi connectivity index (χ0v) is 7.36. The molecule has 70 valence electrons. The van der Waals surface area contributed by atoms with E-state index in [4.69, 9.17) is 9.47 Å². The van der Waals surface area contributed by atoms with Crippen molar-refractivity contribution in [3.05, 3.63) is 0 Å². The highest BCUT2D eigenvalue weighted by Crippen LogP contribution is 2.06. The van der Waals surface area contributed by atoms with Crippen LogP contribution in [-0.4, -0.2) is 32.1 Å². The largest absolute Gasteiger partial charge is 0.345 e. The van der Waals surface area contributed by atoms with Crippen LogP contribution < -0.4 is 0 Å². The van der Waals surface area contributed by atoms with Gasteiger partial charge in [-0.25, -0.2) is 0 Å². The van der Waals surface area contributed by atoms with Crippen LogP contribution in [0.15, 0.2) is 0 Å². The Bertz CT molecular complexity index is 121. The normalized spacial score (nSPS) is 10.7. The molecule has 0 amide bonds. The molecule has 0 aromatic heterocycles. The lowest BCUT2D eigenvalue weighted by atomic mass is 10.2. The minimum Gasteiger partial charge on any atom is -0.345 e. The van der Waals surface area contributed by atoms with E-state index in [0.717, 1.165) is 0 Å². The van der Waals surface area contributed by atoms with E-state index in [1.165, 1.54) is 0 Å². The van der Waals surface area contributed by atoms with Gasteiger partial charge in [-0.1, -0.05) is 13.8 Å². The fourth-order valence-electron chi connectivity index (χ4n) is 0.701. The zero-order valence-electron chi connectivity index (χ0n) is 7.36. The molecule has 0 heterocycles. The predicted molar refractivity (Wildman–Crippen MR) is 42.7 cm³/mol. The summed E-state index contributed by atoms with van der Waals surface area (Å²) in [5, 5.41) is 0. The van der Waals surface area contributed by atoms with E-state index in [9.17, 15) is 9.59 Å². The molecule has 12 heavy (non-hydrogen) atoms. The molecular formula is C8H14O4. The van der Waals surface area contributed by atoms with Gasteiger partial charge in [0, 0.05) is 5.92 Å². The molecule has 0 rings (SSSR count). The average molecular weight is 174 g/mol. The molecule has 4 nitrogen and oxygen atoms in total. The lowest BCUT2D eigenvalue weighted by Gasteiger charge is -2.19. The predicted octanol–water partition coefficient (Wildman–Crippen LogP) is 0.399. The Morgan fingerprint density at radius 3 is 1.75 bits per heavy atom. The van der Waals surface area contributed by atoms with Gasteiger partial charge in [0.15, 0.2) is 6.29 Å². The summed E-state index contributed by atoms with van der Waals surface area (Å²) in [5.41, 5.74) is 0. The van der Waals surface area contributed by atoms with Crippen LogP contribution in [-0.2, 0) is 19.1 Å². The Morgan fingerprint density at radius 1 is 1.08 bits per heavy atom. The first-order valence-electron chi connectivity index (χ1n) is 3.82. The number of carbonyl (C=O) groups is 2. The van der Waals surface area contributed by atoms with E-state index in [1.54, 1.807) is 0 Å². The van der Waals surface area contributed by atoms with Gasteiger partial charge >= 0.3 is 0 Å². The van der Waals surface area contributed by atoms with Gasteiger partial charge in [0.2, 0.25) is 0 Å². The summed E-state index contributed by atoms with van der Waals surface area (Å²) < 4.78 is 10.0. The van der Waals surface area contributed by atoms with Crippen molar-refractivity contribution in [3.8, 4) is 0 Å². The van der Waals surface area contributed by atoms with Crippen molar-refractivity contribution >= 4 is 12.6 Å². The van der Waals surface area contributed by atoms with Crippen LogP contribution in [0.4, 0.5) is 0 Å². The Kier molecular flexibility index (Phi) is 6.51. The van der Waals surface area contributed by atoms with Crippen molar-refractivity contribution in [3.63, 3.8) is 0 Å². The second kappa shape index (κ2) is 6.94. The highest BCUT2D eigenvalue weighted by molar-refractivity contribution is 5.51. The van der Waals surface area contributed by atoms with Crippen LogP contribution in [0.3, 0.4) is 0 Å². The fourth-order valence-corrected chi connectivity index (χ4v) is 0.701. The van der Waals surface area contributed by atoms with E-state index in [-0.39, 0.29) is 19.1 Å². The number of hydrogen-bond donors (Lipinski definition) is 0. The van der Waals surface area contributed by atoms with Crippen molar-refractivity contribution in [2.45, 2.75) is 20.1 Å². The van der Waals surface area contributed by atoms with Crippen molar-refractivity contribution in [2.75, 3.05) is 13.2 Å². The molecule has 0 radical (unpaired) electrons. The van der Waals surface area contributed by atoms with Crippen LogP contribution in [0.5, 0.6) is 0 Å². The Morgan fingerprint density at radius 2 is 1.50 bits per heavy atom. The molecule has 0 bridgehead atoms. The summed E-state index contributed by atoms with van der Waals surface area (Å²) in [6, 6.07) is 0. The van der Waals surface area contributed by atoms with Gasteiger partial charge in [0.25, 0.3) is 0 Å². The standard InChI is InChI=1S/C8H14O4/c1-7(2)8(11-5-3-9)12-6-4-10/h3-4,7-8H,5-6H2,1-2H3. The third-order valence-electron chi connectivity index (χ3n) is 1.20. The van der Waals surface area contributed by atoms with Gasteiger partial charge < -0.3 is 19.1 Å². The maximum atomic E-state index is 9.96. The molecule has 0 aromatic rings. The first kappa shape index (κ1) is 11.3. The van der Waals surface area contributed by atoms with Gasteiger partial charge in [-0.2, -0.15) is 0 Å². The van der Waals surface area contributed by atoms with Crippen molar-refractivity contribution < 1.29 is 19.1 Å². The van der Waals surface area contributed by atoms with Crippen LogP contribution >= 0.6 is 0 Å². The molecule has 4 heteroatoms. The molecule has 0 aromatic carbocycles. The second-order valence-electron chi connectivity index (χ2n) is 2.61. The molecule has 0 N–H and O–H groups in total. The van der Waals surface area contributed by atoms with Crippen LogP contribution in [0.25, 0.3) is 0 Å². The quantitative estimate of drug-likeness (QED) is 0.414. The highest BCUT2D eigenvalue weighted by Gasteiger charge is 2.13. The summed E-state index contributed by atoms with van der Waals surface area (Å²) in [6.45, 7) is 3.78. The third kappa shape index (κ3) is 4.98. The highest BCUT2D eigenvalue weighted by atomic mass is 16.7. The van der Waals surface area contributed by atoms with Gasteiger partial charge in [-0.05, 0) is 0 Å². The number of aldehydes is 2. The summed E-state index contributed by atoms with van der Waals surface area (Å²) in [7, 11) is 0. The van der Waals surface area contributed by atoms with Crippen LogP contribution in [0.1, 0.15) is 13.8 Å². The number of ether oxygens (including phenoxy) is 2. The lowest BCUT2D eigenvalue weighted by Crippen LogP contribution is -2.25. The molecule has 0 atom stereocenters. The molecule has 0 saturated heterocycles. The summed E-state index contributed by atoms with van der Waals surface area (Å²) in [4.78, 5) is 19.9. The topological polar surface area (TPSA) is 52.6 Å². The van der Waals surface area contributed by atoms with E-state index >= 15 is 0 Å². The number of rotatable bonds is 7. The number of hydrogen-bond acceptors (Lipinski definition) is 4. The van der Waals surface area contributed by atoms with E-state index in [0.29, 0.717) is 12.6 Å². The molecule has 0 aliphatic carbocycles. The maximum absolute atomic E-state index is 9.96. The first-order chi connectivity index (χ1) is 5.72. The van der Waals surface area contributed by atoms with Gasteiger partial charge in [0.05, 0.1) is 0 Å². The molecule has 0 aliphatic rings. The lowest BCUT2D eigenvalue weighted by molar-refractivity contribution is -0.167.